The lowest BCUT2D eigenvalue weighted by atomic mass is 9.84. The van der Waals surface area contributed by atoms with Gasteiger partial charge in [0.1, 0.15) is 6.10 Å². The Labute approximate surface area is 92.4 Å². The van der Waals surface area contributed by atoms with E-state index in [9.17, 15) is 9.50 Å². The third kappa shape index (κ3) is 8.20. The van der Waals surface area contributed by atoms with Crippen LogP contribution in [-0.2, 0) is 0 Å². The zero-order valence-corrected chi connectivity index (χ0v) is 9.72. The molecule has 0 aromatic heterocycles. The van der Waals surface area contributed by atoms with E-state index in [1.54, 1.807) is 0 Å². The Morgan fingerprint density at radius 2 is 2.20 bits per heavy atom. The van der Waals surface area contributed by atoms with E-state index in [4.69, 9.17) is 0 Å². The third-order valence-corrected chi connectivity index (χ3v) is 2.24. The third-order valence-electron chi connectivity index (χ3n) is 2.24. The minimum atomic E-state index is -0.815. The van der Waals surface area contributed by atoms with E-state index in [1.165, 1.54) is 0 Å². The van der Waals surface area contributed by atoms with Crippen molar-refractivity contribution in [3.63, 3.8) is 0 Å². The van der Waals surface area contributed by atoms with Gasteiger partial charge in [0.05, 0.1) is 6.67 Å². The molecule has 0 aliphatic rings. The largest absolute Gasteiger partial charge is 0.380 e. The van der Waals surface area contributed by atoms with Gasteiger partial charge in [0, 0.05) is 12.8 Å². The van der Waals surface area contributed by atoms with Gasteiger partial charge in [-0.05, 0) is 18.3 Å². The fourth-order valence-corrected chi connectivity index (χ4v) is 1.16. The summed E-state index contributed by atoms with van der Waals surface area (Å²) in [6.07, 6.45) is 3.92. The molecule has 0 bridgehead atoms. The van der Waals surface area contributed by atoms with Crippen molar-refractivity contribution in [3.05, 3.63) is 12.7 Å². The summed E-state index contributed by atoms with van der Waals surface area (Å²) >= 11 is 0. The molecule has 0 saturated heterocycles. The Bertz CT molecular complexity index is 235. The van der Waals surface area contributed by atoms with Crippen LogP contribution in [0.1, 0.15) is 39.5 Å². The number of alkyl halides is 1. The van der Waals surface area contributed by atoms with Crippen molar-refractivity contribution >= 4 is 0 Å². The number of aliphatic hydroxyl groups excluding tert-OH is 1. The normalized spacial score (nSPS) is 12.8. The maximum Gasteiger partial charge on any atom is 0.117 e. The fraction of sp³-hybridized carbons (Fsp3) is 0.692. The summed E-state index contributed by atoms with van der Waals surface area (Å²) in [4.78, 5) is 0. The van der Waals surface area contributed by atoms with Gasteiger partial charge in [-0.2, -0.15) is 0 Å². The highest BCUT2D eigenvalue weighted by molar-refractivity contribution is 5.06. The molecule has 1 nitrogen and oxygen atoms in total. The van der Waals surface area contributed by atoms with Crippen LogP contribution in [0.3, 0.4) is 0 Å². The molecule has 0 aromatic rings. The van der Waals surface area contributed by atoms with Crippen LogP contribution in [0, 0.1) is 17.3 Å². The maximum absolute atomic E-state index is 11.8. The van der Waals surface area contributed by atoms with Crippen LogP contribution in [0.25, 0.3) is 0 Å². The second kappa shape index (κ2) is 7.48. The van der Waals surface area contributed by atoms with Crippen LogP contribution in [0.4, 0.5) is 4.39 Å². The second-order valence-electron chi connectivity index (χ2n) is 4.48. The van der Waals surface area contributed by atoms with E-state index in [0.717, 1.165) is 19.3 Å². The molecule has 0 aromatic carbocycles. The van der Waals surface area contributed by atoms with Crippen molar-refractivity contribution in [2.24, 2.45) is 5.41 Å². The molecule has 15 heavy (non-hydrogen) atoms. The van der Waals surface area contributed by atoms with Crippen molar-refractivity contribution < 1.29 is 9.50 Å². The van der Waals surface area contributed by atoms with Gasteiger partial charge in [-0.3, -0.25) is 4.39 Å². The number of hydrogen-bond acceptors (Lipinski definition) is 1. The quantitative estimate of drug-likeness (QED) is 0.530. The average Bonchev–Trinajstić information content (AvgIpc) is 2.15. The van der Waals surface area contributed by atoms with Gasteiger partial charge in [0.25, 0.3) is 0 Å². The number of hydrogen-bond donors (Lipinski definition) is 1. The molecular weight excluding hydrogens is 191 g/mol. The van der Waals surface area contributed by atoms with E-state index in [-0.39, 0.29) is 11.8 Å². The minimum absolute atomic E-state index is 0.111. The van der Waals surface area contributed by atoms with Crippen molar-refractivity contribution in [3.8, 4) is 11.8 Å². The first-order valence-corrected chi connectivity index (χ1v) is 5.35. The number of aliphatic hydroxyl groups is 1. The minimum Gasteiger partial charge on any atom is -0.380 e. The van der Waals surface area contributed by atoms with Crippen LogP contribution in [0.15, 0.2) is 12.7 Å². The first-order chi connectivity index (χ1) is 7.02. The highest BCUT2D eigenvalue weighted by Crippen LogP contribution is 2.26. The van der Waals surface area contributed by atoms with Crippen LogP contribution in [-0.4, -0.2) is 17.9 Å². The average molecular weight is 212 g/mol. The Balaban J connectivity index is 3.94. The van der Waals surface area contributed by atoms with Crippen molar-refractivity contribution in [2.45, 2.75) is 45.6 Å². The molecule has 86 valence electrons. The van der Waals surface area contributed by atoms with E-state index in [1.807, 2.05) is 6.08 Å². The molecule has 0 aliphatic carbocycles. The summed E-state index contributed by atoms with van der Waals surface area (Å²) in [6.45, 7) is 7.42. The molecule has 0 saturated carbocycles. The lowest BCUT2D eigenvalue weighted by Gasteiger charge is -2.20. The highest BCUT2D eigenvalue weighted by atomic mass is 19.1. The smallest absolute Gasteiger partial charge is 0.117 e. The second-order valence-corrected chi connectivity index (χ2v) is 4.48. The van der Waals surface area contributed by atoms with Crippen LogP contribution in [0.2, 0.25) is 0 Å². The summed E-state index contributed by atoms with van der Waals surface area (Å²) in [6, 6.07) is 0. The molecule has 2 heteroatoms. The fourth-order valence-electron chi connectivity index (χ4n) is 1.16. The van der Waals surface area contributed by atoms with E-state index >= 15 is 0 Å². The molecule has 0 rings (SSSR count). The van der Waals surface area contributed by atoms with Crippen LogP contribution < -0.4 is 0 Å². The highest BCUT2D eigenvalue weighted by Gasteiger charge is 2.14. The summed E-state index contributed by atoms with van der Waals surface area (Å²) < 4.78 is 11.8. The topological polar surface area (TPSA) is 20.2 Å². The van der Waals surface area contributed by atoms with Crippen molar-refractivity contribution in [1.82, 2.24) is 0 Å². The van der Waals surface area contributed by atoms with Crippen LogP contribution >= 0.6 is 0 Å². The van der Waals surface area contributed by atoms with Crippen molar-refractivity contribution in [1.29, 1.82) is 0 Å². The monoisotopic (exact) mass is 212 g/mol. The SMILES string of the molecule is C=CCCC(C)(C)CC#CC(O)CCF. The van der Waals surface area contributed by atoms with Gasteiger partial charge in [-0.25, -0.2) is 0 Å². The Hall–Kier alpha value is -0.810. The number of allylic oxidation sites excluding steroid dienone is 1. The number of rotatable bonds is 6. The van der Waals surface area contributed by atoms with E-state index in [0.29, 0.717) is 0 Å². The van der Waals surface area contributed by atoms with Crippen molar-refractivity contribution in [2.75, 3.05) is 6.67 Å². The maximum atomic E-state index is 11.8. The van der Waals surface area contributed by atoms with Gasteiger partial charge >= 0.3 is 0 Å². The molecule has 1 N–H and O–H groups in total. The predicted molar refractivity (Wildman–Crippen MR) is 62.2 cm³/mol. The van der Waals surface area contributed by atoms with Gasteiger partial charge in [0.2, 0.25) is 0 Å². The molecule has 0 fully saturated rings. The lowest BCUT2D eigenvalue weighted by Crippen LogP contribution is -2.10. The first-order valence-electron chi connectivity index (χ1n) is 5.35. The Morgan fingerprint density at radius 1 is 1.53 bits per heavy atom. The van der Waals surface area contributed by atoms with Crippen LogP contribution in [0.5, 0.6) is 0 Å². The summed E-state index contributed by atoms with van der Waals surface area (Å²) in [5.74, 6) is 5.57. The standard InChI is InChI=1S/C13H21FO/c1-4-5-9-13(2,3)10-6-7-12(15)8-11-14/h4,12,15H,1,5,8-11H2,2-3H3. The molecule has 0 radical (unpaired) electrons. The molecule has 0 amide bonds. The molecule has 1 unspecified atom stereocenters. The zero-order valence-electron chi connectivity index (χ0n) is 9.72. The molecule has 0 aliphatic heterocycles. The Kier molecular flexibility index (Phi) is 7.07. The molecule has 1 atom stereocenters. The summed E-state index contributed by atoms with van der Waals surface area (Å²) in [5.41, 5.74) is 0.136. The molecular formula is C13H21FO. The summed E-state index contributed by atoms with van der Waals surface area (Å²) in [5, 5.41) is 9.19. The predicted octanol–water partition coefficient (Wildman–Crippen LogP) is 3.09. The first kappa shape index (κ1) is 14.2. The Morgan fingerprint density at radius 3 is 2.73 bits per heavy atom. The molecule has 0 heterocycles. The van der Waals surface area contributed by atoms with Gasteiger partial charge < -0.3 is 5.11 Å². The van der Waals surface area contributed by atoms with Gasteiger partial charge in [-0.1, -0.05) is 25.8 Å². The molecule has 0 spiro atoms. The zero-order chi connectivity index (χ0) is 11.7. The van der Waals surface area contributed by atoms with Gasteiger partial charge in [0.15, 0.2) is 0 Å². The van der Waals surface area contributed by atoms with Gasteiger partial charge in [-0.15, -0.1) is 12.5 Å². The lowest BCUT2D eigenvalue weighted by molar-refractivity contribution is 0.207. The van der Waals surface area contributed by atoms with E-state index < -0.39 is 12.8 Å². The summed E-state index contributed by atoms with van der Waals surface area (Å²) in [7, 11) is 0. The number of halogens is 1. The van der Waals surface area contributed by atoms with E-state index in [2.05, 4.69) is 32.3 Å².